The van der Waals surface area contributed by atoms with E-state index >= 15 is 0 Å². The summed E-state index contributed by atoms with van der Waals surface area (Å²) < 4.78 is 0. The van der Waals surface area contributed by atoms with Crippen molar-refractivity contribution in [3.05, 3.63) is 59.7 Å². The molecule has 0 aliphatic carbocycles. The lowest BCUT2D eigenvalue weighted by Gasteiger charge is -2.23. The summed E-state index contributed by atoms with van der Waals surface area (Å²) in [7, 11) is 0. The van der Waals surface area contributed by atoms with Gasteiger partial charge in [0.25, 0.3) is 0 Å². The minimum atomic E-state index is -1.21. The molecule has 6 nitrogen and oxygen atoms in total. The Balaban J connectivity index is 2.13. The smallest absolute Gasteiger partial charge is 0.327 e. The van der Waals surface area contributed by atoms with E-state index < -0.39 is 12.0 Å². The second-order valence-corrected chi connectivity index (χ2v) is 4.84. The first-order chi connectivity index (χ1) is 10.5. The third-order valence-electron chi connectivity index (χ3n) is 3.36. The summed E-state index contributed by atoms with van der Waals surface area (Å²) >= 11 is 0. The number of carbonyl (C=O) groups is 1. The van der Waals surface area contributed by atoms with Gasteiger partial charge in [0.15, 0.2) is 6.04 Å². The summed E-state index contributed by atoms with van der Waals surface area (Å²) in [5, 5.41) is 39.4. The fourth-order valence-corrected chi connectivity index (χ4v) is 2.25. The van der Waals surface area contributed by atoms with Gasteiger partial charge in [0, 0.05) is 12.1 Å². The maximum atomic E-state index is 11.4. The Bertz CT molecular complexity index is 624. The molecule has 1 atom stereocenters. The van der Waals surface area contributed by atoms with Crippen molar-refractivity contribution in [2.24, 2.45) is 0 Å². The zero-order chi connectivity index (χ0) is 16.1. The molecule has 0 saturated carbocycles. The summed E-state index contributed by atoms with van der Waals surface area (Å²) in [6.45, 7) is -0.0585. The molecule has 22 heavy (non-hydrogen) atoms. The van der Waals surface area contributed by atoms with Gasteiger partial charge in [-0.15, -0.1) is 0 Å². The van der Waals surface area contributed by atoms with Gasteiger partial charge >= 0.3 is 5.97 Å². The lowest BCUT2D eigenvalue weighted by atomic mass is 10.1. The molecule has 6 heteroatoms. The maximum Gasteiger partial charge on any atom is 0.327 e. The molecule has 2 aromatic rings. The van der Waals surface area contributed by atoms with Crippen LogP contribution in [-0.4, -0.2) is 38.1 Å². The molecule has 0 aliphatic rings. The molecule has 4 N–H and O–H groups in total. The summed E-state index contributed by atoms with van der Waals surface area (Å²) in [5.74, 6) is -1.38. The highest BCUT2D eigenvalue weighted by Gasteiger charge is 2.26. The summed E-state index contributed by atoms with van der Waals surface area (Å²) in [6.07, 6.45) is 0.103. The highest BCUT2D eigenvalue weighted by atomic mass is 16.5. The van der Waals surface area contributed by atoms with Crippen molar-refractivity contribution in [3.63, 3.8) is 0 Å². The first kappa shape index (κ1) is 15.8. The highest BCUT2D eigenvalue weighted by Crippen LogP contribution is 2.28. The predicted octanol–water partition coefficient (Wildman–Crippen LogP) is 2.16. The topological polar surface area (TPSA) is 101 Å². The van der Waals surface area contributed by atoms with Gasteiger partial charge in [0.2, 0.25) is 0 Å². The fourth-order valence-electron chi connectivity index (χ4n) is 2.25. The molecule has 0 aromatic heterocycles. The standard InChI is InChI=1S/C16H17NO5/c18-13-7-4-8-14(19)12(13)9-10-17(22)15(16(20)21)11-5-2-1-3-6-11/h1-8,15,18-19,22H,9-10H2,(H,20,21). The summed E-state index contributed by atoms with van der Waals surface area (Å²) in [4.78, 5) is 11.4. The molecule has 1 unspecified atom stereocenters. The molecular formula is C16H17NO5. The van der Waals surface area contributed by atoms with Crippen LogP contribution in [0.1, 0.15) is 17.2 Å². The van der Waals surface area contributed by atoms with Crippen molar-refractivity contribution in [3.8, 4) is 11.5 Å². The molecule has 0 radical (unpaired) electrons. The van der Waals surface area contributed by atoms with Crippen molar-refractivity contribution < 1.29 is 25.3 Å². The summed E-state index contributed by atoms with van der Waals surface area (Å²) in [6, 6.07) is 11.5. The lowest BCUT2D eigenvalue weighted by molar-refractivity contribution is -0.170. The molecule has 2 rings (SSSR count). The first-order valence-corrected chi connectivity index (χ1v) is 6.73. The Morgan fingerprint density at radius 2 is 1.59 bits per heavy atom. The van der Waals surface area contributed by atoms with Gasteiger partial charge in [-0.25, -0.2) is 0 Å². The highest BCUT2D eigenvalue weighted by molar-refractivity contribution is 5.75. The van der Waals surface area contributed by atoms with Crippen LogP contribution < -0.4 is 0 Å². The number of hydroxylamine groups is 2. The van der Waals surface area contributed by atoms with E-state index in [2.05, 4.69) is 0 Å². The number of phenolic OH excluding ortho intramolecular Hbond substituents is 2. The number of rotatable bonds is 6. The van der Waals surface area contributed by atoms with Crippen LogP contribution in [-0.2, 0) is 11.2 Å². The van der Waals surface area contributed by atoms with E-state index in [4.69, 9.17) is 0 Å². The van der Waals surface area contributed by atoms with Crippen molar-refractivity contribution in [1.29, 1.82) is 0 Å². The van der Waals surface area contributed by atoms with Crippen LogP contribution in [0.15, 0.2) is 48.5 Å². The van der Waals surface area contributed by atoms with E-state index in [-0.39, 0.29) is 30.0 Å². The Morgan fingerprint density at radius 1 is 1.00 bits per heavy atom. The van der Waals surface area contributed by atoms with Crippen molar-refractivity contribution in [1.82, 2.24) is 5.06 Å². The van der Waals surface area contributed by atoms with Crippen LogP contribution >= 0.6 is 0 Å². The average molecular weight is 303 g/mol. The van der Waals surface area contributed by atoms with Crippen LogP contribution in [0.4, 0.5) is 0 Å². The second-order valence-electron chi connectivity index (χ2n) is 4.84. The van der Waals surface area contributed by atoms with Crippen LogP contribution in [0.25, 0.3) is 0 Å². The molecule has 0 spiro atoms. The number of phenols is 2. The van der Waals surface area contributed by atoms with Crippen molar-refractivity contribution in [2.75, 3.05) is 6.54 Å². The zero-order valence-corrected chi connectivity index (χ0v) is 11.8. The first-order valence-electron chi connectivity index (χ1n) is 6.73. The largest absolute Gasteiger partial charge is 0.508 e. The number of benzene rings is 2. The van der Waals surface area contributed by atoms with E-state index in [1.807, 2.05) is 0 Å². The van der Waals surface area contributed by atoms with Crippen LogP contribution in [0, 0.1) is 0 Å². The Hall–Kier alpha value is -2.57. The van der Waals surface area contributed by atoms with Crippen molar-refractivity contribution in [2.45, 2.75) is 12.5 Å². The van der Waals surface area contributed by atoms with Gasteiger partial charge in [-0.05, 0) is 24.1 Å². The monoisotopic (exact) mass is 303 g/mol. The molecule has 0 saturated heterocycles. The molecule has 0 bridgehead atoms. The molecule has 0 aliphatic heterocycles. The number of aliphatic carboxylic acids is 1. The maximum absolute atomic E-state index is 11.4. The van der Waals surface area contributed by atoms with Gasteiger partial charge in [0.1, 0.15) is 11.5 Å². The van der Waals surface area contributed by atoms with Crippen LogP contribution in [0.5, 0.6) is 11.5 Å². The van der Waals surface area contributed by atoms with E-state index in [9.17, 15) is 25.3 Å². The number of hydrogen-bond donors (Lipinski definition) is 4. The van der Waals surface area contributed by atoms with Gasteiger partial charge in [-0.3, -0.25) is 4.79 Å². The molecule has 0 heterocycles. The molecule has 0 fully saturated rings. The van der Waals surface area contributed by atoms with Crippen LogP contribution in [0.2, 0.25) is 0 Å². The minimum Gasteiger partial charge on any atom is -0.508 e. The van der Waals surface area contributed by atoms with E-state index in [0.29, 0.717) is 10.6 Å². The number of carboxylic acids is 1. The second kappa shape index (κ2) is 6.93. The fraction of sp³-hybridized carbons (Fsp3) is 0.188. The quantitative estimate of drug-likeness (QED) is 0.610. The van der Waals surface area contributed by atoms with Crippen molar-refractivity contribution >= 4 is 5.97 Å². The predicted molar refractivity (Wildman–Crippen MR) is 78.8 cm³/mol. The number of carboxylic acid groups (broad SMARTS) is 1. The van der Waals surface area contributed by atoms with E-state index in [0.717, 1.165) is 0 Å². The molecular weight excluding hydrogens is 286 g/mol. The number of hydrogen-bond acceptors (Lipinski definition) is 5. The Labute approximate surface area is 127 Å². The zero-order valence-electron chi connectivity index (χ0n) is 11.8. The lowest BCUT2D eigenvalue weighted by Crippen LogP contribution is -2.33. The van der Waals surface area contributed by atoms with Gasteiger partial charge < -0.3 is 20.5 Å². The third kappa shape index (κ3) is 3.55. The average Bonchev–Trinajstić information content (AvgIpc) is 2.47. The van der Waals surface area contributed by atoms with Gasteiger partial charge in [-0.2, -0.15) is 5.06 Å². The van der Waals surface area contributed by atoms with Gasteiger partial charge in [0.05, 0.1) is 0 Å². The van der Waals surface area contributed by atoms with Crippen LogP contribution in [0.3, 0.4) is 0 Å². The Morgan fingerprint density at radius 3 is 2.14 bits per heavy atom. The molecule has 0 amide bonds. The molecule has 2 aromatic carbocycles. The number of nitrogens with zero attached hydrogens (tertiary/aromatic N) is 1. The minimum absolute atomic E-state index is 0.0585. The normalized spacial score (nSPS) is 12.3. The molecule has 116 valence electrons. The van der Waals surface area contributed by atoms with E-state index in [1.165, 1.54) is 18.2 Å². The summed E-state index contributed by atoms with van der Waals surface area (Å²) in [5.41, 5.74) is 0.706. The third-order valence-corrected chi connectivity index (χ3v) is 3.36. The Kier molecular flexibility index (Phi) is 4.98. The van der Waals surface area contributed by atoms with E-state index in [1.54, 1.807) is 30.3 Å². The number of aromatic hydroxyl groups is 2. The van der Waals surface area contributed by atoms with Gasteiger partial charge in [-0.1, -0.05) is 36.4 Å². The SMILES string of the molecule is O=C(O)C(c1ccccc1)N(O)CCc1c(O)cccc1O.